The van der Waals surface area contributed by atoms with Gasteiger partial charge in [0.1, 0.15) is 0 Å². The van der Waals surface area contributed by atoms with Gasteiger partial charge in [-0.15, -0.1) is 0 Å². The molecule has 0 amide bonds. The number of alkyl halides is 3. The van der Waals surface area contributed by atoms with Gasteiger partial charge in [-0.3, -0.25) is 4.68 Å². The summed E-state index contributed by atoms with van der Waals surface area (Å²) < 4.78 is 40.8. The van der Waals surface area contributed by atoms with E-state index in [0.717, 1.165) is 23.3 Å². The summed E-state index contributed by atoms with van der Waals surface area (Å²) in [6, 6.07) is 13.4. The van der Waals surface area contributed by atoms with Crippen LogP contribution >= 0.6 is 0 Å². The molecule has 3 rings (SSSR count). The SMILES string of the molecule is OCc1cc(CNCc2ccccc2Cn2cccn2)cc(C(F)(F)F)c1. The van der Waals surface area contributed by atoms with Crippen molar-refractivity contribution in [3.63, 3.8) is 0 Å². The molecule has 0 unspecified atom stereocenters. The van der Waals surface area contributed by atoms with Crippen molar-refractivity contribution in [2.45, 2.75) is 32.4 Å². The van der Waals surface area contributed by atoms with E-state index in [2.05, 4.69) is 10.4 Å². The van der Waals surface area contributed by atoms with Crippen LogP contribution < -0.4 is 5.32 Å². The minimum atomic E-state index is -4.43. The lowest BCUT2D eigenvalue weighted by molar-refractivity contribution is -0.137. The van der Waals surface area contributed by atoms with E-state index in [-0.39, 0.29) is 12.1 Å². The van der Waals surface area contributed by atoms with Crippen LogP contribution in [0.5, 0.6) is 0 Å². The molecule has 0 saturated carbocycles. The van der Waals surface area contributed by atoms with Crippen molar-refractivity contribution in [1.82, 2.24) is 15.1 Å². The molecule has 1 aromatic heterocycles. The first kappa shape index (κ1) is 19.1. The average Bonchev–Trinajstić information content (AvgIpc) is 3.15. The number of hydrogen-bond acceptors (Lipinski definition) is 3. The third-order valence-corrected chi connectivity index (χ3v) is 4.22. The van der Waals surface area contributed by atoms with Crippen LogP contribution in [-0.4, -0.2) is 14.9 Å². The highest BCUT2D eigenvalue weighted by Gasteiger charge is 2.31. The third-order valence-electron chi connectivity index (χ3n) is 4.22. The van der Waals surface area contributed by atoms with Crippen molar-refractivity contribution >= 4 is 0 Å². The predicted octanol–water partition coefficient (Wildman–Crippen LogP) is 3.73. The highest BCUT2D eigenvalue weighted by molar-refractivity contribution is 5.32. The quantitative estimate of drug-likeness (QED) is 0.662. The zero-order valence-electron chi connectivity index (χ0n) is 14.6. The summed E-state index contributed by atoms with van der Waals surface area (Å²) >= 11 is 0. The fourth-order valence-electron chi connectivity index (χ4n) is 2.91. The van der Waals surface area contributed by atoms with E-state index in [1.54, 1.807) is 12.3 Å². The first-order valence-electron chi connectivity index (χ1n) is 8.51. The Morgan fingerprint density at radius 2 is 1.70 bits per heavy atom. The lowest BCUT2D eigenvalue weighted by Gasteiger charge is -2.13. The summed E-state index contributed by atoms with van der Waals surface area (Å²) in [5, 5.41) is 16.6. The second-order valence-electron chi connectivity index (χ2n) is 6.27. The van der Waals surface area contributed by atoms with Crippen LogP contribution in [0.1, 0.15) is 27.8 Å². The maximum absolute atomic E-state index is 13.0. The van der Waals surface area contributed by atoms with Crippen LogP contribution in [0.4, 0.5) is 13.2 Å². The molecule has 27 heavy (non-hydrogen) atoms. The van der Waals surface area contributed by atoms with Crippen molar-refractivity contribution in [3.8, 4) is 0 Å². The Morgan fingerprint density at radius 1 is 0.963 bits per heavy atom. The van der Waals surface area contributed by atoms with Gasteiger partial charge in [0.15, 0.2) is 0 Å². The summed E-state index contributed by atoms with van der Waals surface area (Å²) in [6.45, 7) is 0.988. The van der Waals surface area contributed by atoms with Gasteiger partial charge < -0.3 is 10.4 Å². The van der Waals surface area contributed by atoms with Crippen LogP contribution in [0, 0.1) is 0 Å². The molecule has 7 heteroatoms. The summed E-state index contributed by atoms with van der Waals surface area (Å²) in [4.78, 5) is 0. The van der Waals surface area contributed by atoms with Gasteiger partial charge in [0.25, 0.3) is 0 Å². The van der Waals surface area contributed by atoms with Gasteiger partial charge in [-0.1, -0.05) is 30.3 Å². The molecular weight excluding hydrogens is 355 g/mol. The van der Waals surface area contributed by atoms with Gasteiger partial charge >= 0.3 is 6.18 Å². The Labute approximate surface area is 155 Å². The lowest BCUT2D eigenvalue weighted by Crippen LogP contribution is -2.16. The molecule has 0 aliphatic heterocycles. The number of aliphatic hydroxyl groups excluding tert-OH is 1. The van der Waals surface area contributed by atoms with E-state index >= 15 is 0 Å². The zero-order chi connectivity index (χ0) is 19.3. The van der Waals surface area contributed by atoms with Gasteiger partial charge in [-0.2, -0.15) is 18.3 Å². The summed E-state index contributed by atoms with van der Waals surface area (Å²) in [7, 11) is 0. The van der Waals surface area contributed by atoms with E-state index in [9.17, 15) is 18.3 Å². The standard InChI is InChI=1S/C20H20F3N3O/c21-20(22,23)19-9-15(8-16(10-19)14-27)11-24-12-17-4-1-2-5-18(17)13-26-7-3-6-25-26/h1-10,24,27H,11-14H2. The van der Waals surface area contributed by atoms with Crippen molar-refractivity contribution in [1.29, 1.82) is 0 Å². The van der Waals surface area contributed by atoms with Gasteiger partial charge in [-0.25, -0.2) is 0 Å². The molecule has 142 valence electrons. The van der Waals surface area contributed by atoms with Gasteiger partial charge in [0.05, 0.1) is 18.7 Å². The van der Waals surface area contributed by atoms with Crippen molar-refractivity contribution in [2.24, 2.45) is 0 Å². The van der Waals surface area contributed by atoms with E-state index in [1.165, 1.54) is 0 Å². The second-order valence-corrected chi connectivity index (χ2v) is 6.27. The molecule has 0 aliphatic carbocycles. The molecule has 3 aromatic rings. The Hall–Kier alpha value is -2.64. The molecule has 0 saturated heterocycles. The Kier molecular flexibility index (Phi) is 5.93. The van der Waals surface area contributed by atoms with E-state index in [1.807, 2.05) is 41.2 Å². The van der Waals surface area contributed by atoms with Crippen LogP contribution in [0.3, 0.4) is 0 Å². The number of aliphatic hydroxyl groups is 1. The maximum atomic E-state index is 13.0. The molecule has 0 spiro atoms. The Bertz CT molecular complexity index is 876. The summed E-state index contributed by atoms with van der Waals surface area (Å²) in [5.74, 6) is 0. The predicted molar refractivity (Wildman–Crippen MR) is 95.7 cm³/mol. The summed E-state index contributed by atoms with van der Waals surface area (Å²) in [5.41, 5.74) is 2.14. The van der Waals surface area contributed by atoms with E-state index < -0.39 is 18.3 Å². The number of nitrogens with zero attached hydrogens (tertiary/aromatic N) is 2. The molecule has 0 aliphatic rings. The number of nitrogens with one attached hydrogen (secondary N) is 1. The van der Waals surface area contributed by atoms with Crippen molar-refractivity contribution in [3.05, 3.63) is 88.7 Å². The Balaban J connectivity index is 1.68. The zero-order valence-corrected chi connectivity index (χ0v) is 14.6. The largest absolute Gasteiger partial charge is 0.416 e. The number of rotatable bonds is 7. The van der Waals surface area contributed by atoms with Crippen LogP contribution in [0.2, 0.25) is 0 Å². The van der Waals surface area contributed by atoms with Crippen molar-refractivity contribution in [2.75, 3.05) is 0 Å². The third kappa shape index (κ3) is 5.18. The molecule has 0 fully saturated rings. The minimum Gasteiger partial charge on any atom is -0.392 e. The smallest absolute Gasteiger partial charge is 0.392 e. The minimum absolute atomic E-state index is 0.251. The van der Waals surface area contributed by atoms with Gasteiger partial charge in [0.2, 0.25) is 0 Å². The summed E-state index contributed by atoms with van der Waals surface area (Å²) in [6.07, 6.45) is -0.840. The van der Waals surface area contributed by atoms with Crippen LogP contribution in [0.15, 0.2) is 60.9 Å². The van der Waals surface area contributed by atoms with Gasteiger partial charge in [-0.05, 0) is 40.5 Å². The lowest BCUT2D eigenvalue weighted by atomic mass is 10.0. The normalized spacial score (nSPS) is 11.7. The molecule has 0 radical (unpaired) electrons. The monoisotopic (exact) mass is 375 g/mol. The fourth-order valence-corrected chi connectivity index (χ4v) is 2.91. The topological polar surface area (TPSA) is 50.1 Å². The Morgan fingerprint density at radius 3 is 2.37 bits per heavy atom. The van der Waals surface area contributed by atoms with E-state index in [0.29, 0.717) is 18.7 Å². The molecule has 4 nitrogen and oxygen atoms in total. The molecule has 2 aromatic carbocycles. The number of halogens is 3. The van der Waals surface area contributed by atoms with Gasteiger partial charge in [0, 0.05) is 25.5 Å². The molecule has 0 atom stereocenters. The molecule has 0 bridgehead atoms. The first-order chi connectivity index (χ1) is 13.0. The molecular formula is C20H20F3N3O. The second kappa shape index (κ2) is 8.37. The maximum Gasteiger partial charge on any atom is 0.416 e. The first-order valence-corrected chi connectivity index (χ1v) is 8.51. The van der Waals surface area contributed by atoms with E-state index in [4.69, 9.17) is 0 Å². The fraction of sp³-hybridized carbons (Fsp3) is 0.250. The average molecular weight is 375 g/mol. The number of hydrogen-bond donors (Lipinski definition) is 2. The van der Waals surface area contributed by atoms with Crippen LogP contribution in [0.25, 0.3) is 0 Å². The number of benzene rings is 2. The molecule has 1 heterocycles. The highest BCUT2D eigenvalue weighted by atomic mass is 19.4. The number of aromatic nitrogens is 2. The highest BCUT2D eigenvalue weighted by Crippen LogP contribution is 2.30. The van der Waals surface area contributed by atoms with Crippen molar-refractivity contribution < 1.29 is 18.3 Å². The molecule has 2 N–H and O–H groups in total. The van der Waals surface area contributed by atoms with Crippen LogP contribution in [-0.2, 0) is 32.4 Å².